The van der Waals surface area contributed by atoms with Gasteiger partial charge in [0.1, 0.15) is 5.69 Å². The molecule has 0 saturated carbocycles. The maximum absolute atomic E-state index is 12.7. The molecule has 1 aliphatic heterocycles. The van der Waals surface area contributed by atoms with Crippen LogP contribution in [0.5, 0.6) is 0 Å². The monoisotopic (exact) mass is 314 g/mol. The lowest BCUT2D eigenvalue weighted by Crippen LogP contribution is -2.44. The minimum absolute atomic E-state index is 0.0267. The van der Waals surface area contributed by atoms with Crippen molar-refractivity contribution in [2.24, 2.45) is 5.41 Å². The van der Waals surface area contributed by atoms with Gasteiger partial charge in [-0.15, -0.1) is 0 Å². The molecule has 0 spiro atoms. The number of hydrogen-bond donors (Lipinski definition) is 1. The lowest BCUT2D eigenvalue weighted by Gasteiger charge is -2.40. The van der Waals surface area contributed by atoms with Crippen LogP contribution >= 0.6 is 0 Å². The van der Waals surface area contributed by atoms with Crippen LogP contribution in [0, 0.1) is 5.41 Å². The molecule has 0 aromatic carbocycles. The Balaban J connectivity index is 1.73. The highest BCUT2D eigenvalue weighted by Gasteiger charge is 2.34. The topological polar surface area (TPSA) is 71.2 Å². The van der Waals surface area contributed by atoms with Crippen LogP contribution in [-0.2, 0) is 0 Å². The third kappa shape index (κ3) is 3.12. The van der Waals surface area contributed by atoms with Gasteiger partial charge >= 0.3 is 0 Å². The van der Waals surface area contributed by atoms with Crippen molar-refractivity contribution < 1.29 is 9.90 Å². The predicted octanol–water partition coefficient (Wildman–Crippen LogP) is 1.89. The van der Waals surface area contributed by atoms with Gasteiger partial charge in [-0.1, -0.05) is 6.92 Å². The standard InChI is InChI=1S/C17H22N4O2/c1-2-17(13-22)5-10-20(11-6-17)16(23)15-12-14(4-8-18-15)21-9-3-7-19-21/h3-4,7-9,12,22H,2,5-6,10-11,13H2,1H3. The molecule has 2 aromatic heterocycles. The predicted molar refractivity (Wildman–Crippen MR) is 86.3 cm³/mol. The molecule has 6 nitrogen and oxygen atoms in total. The van der Waals surface area contributed by atoms with Crippen molar-refractivity contribution in [3.05, 3.63) is 42.5 Å². The van der Waals surface area contributed by atoms with E-state index in [9.17, 15) is 9.90 Å². The Morgan fingerprint density at radius 3 is 2.74 bits per heavy atom. The maximum Gasteiger partial charge on any atom is 0.272 e. The number of carbonyl (C=O) groups is 1. The number of aromatic nitrogens is 3. The van der Waals surface area contributed by atoms with E-state index in [1.807, 2.05) is 23.2 Å². The number of pyridine rings is 1. The normalized spacial score (nSPS) is 17.2. The van der Waals surface area contributed by atoms with Gasteiger partial charge in [-0.2, -0.15) is 5.10 Å². The second-order valence-corrected chi connectivity index (χ2v) is 6.15. The summed E-state index contributed by atoms with van der Waals surface area (Å²) in [6.45, 7) is 3.63. The minimum Gasteiger partial charge on any atom is -0.396 e. The first kappa shape index (κ1) is 15.7. The Hall–Kier alpha value is -2.21. The summed E-state index contributed by atoms with van der Waals surface area (Å²) in [6, 6.07) is 5.43. The summed E-state index contributed by atoms with van der Waals surface area (Å²) in [5.74, 6) is -0.0540. The van der Waals surface area contributed by atoms with Gasteiger partial charge in [-0.25, -0.2) is 4.68 Å². The van der Waals surface area contributed by atoms with E-state index in [0.717, 1.165) is 24.9 Å². The van der Waals surface area contributed by atoms with Crippen LogP contribution in [0.4, 0.5) is 0 Å². The number of nitrogens with zero attached hydrogens (tertiary/aromatic N) is 4. The van der Waals surface area contributed by atoms with Crippen molar-refractivity contribution >= 4 is 5.91 Å². The van der Waals surface area contributed by atoms with E-state index in [1.165, 1.54) is 0 Å². The zero-order valence-electron chi connectivity index (χ0n) is 13.4. The molecule has 122 valence electrons. The van der Waals surface area contributed by atoms with E-state index in [-0.39, 0.29) is 17.9 Å². The molecule has 23 heavy (non-hydrogen) atoms. The first-order valence-electron chi connectivity index (χ1n) is 8.04. The number of carbonyl (C=O) groups excluding carboxylic acids is 1. The summed E-state index contributed by atoms with van der Waals surface area (Å²) in [6.07, 6.45) is 7.79. The summed E-state index contributed by atoms with van der Waals surface area (Å²) in [7, 11) is 0. The van der Waals surface area contributed by atoms with E-state index in [1.54, 1.807) is 23.1 Å². The van der Waals surface area contributed by atoms with Crippen molar-refractivity contribution in [3.8, 4) is 5.69 Å². The van der Waals surface area contributed by atoms with E-state index in [2.05, 4.69) is 17.0 Å². The fraction of sp³-hybridized carbons (Fsp3) is 0.471. The summed E-state index contributed by atoms with van der Waals surface area (Å²) in [5, 5.41) is 13.8. The largest absolute Gasteiger partial charge is 0.396 e. The summed E-state index contributed by atoms with van der Waals surface area (Å²) in [5.41, 5.74) is 1.23. The molecule has 0 unspecified atom stereocenters. The quantitative estimate of drug-likeness (QED) is 0.935. The molecule has 0 atom stereocenters. The molecule has 1 fully saturated rings. The number of aliphatic hydroxyl groups is 1. The first-order chi connectivity index (χ1) is 11.2. The number of aliphatic hydroxyl groups excluding tert-OH is 1. The van der Waals surface area contributed by atoms with Crippen LogP contribution in [0.25, 0.3) is 5.69 Å². The lowest BCUT2D eigenvalue weighted by molar-refractivity contribution is 0.0334. The number of piperidine rings is 1. The van der Waals surface area contributed by atoms with Crippen molar-refractivity contribution in [1.29, 1.82) is 0 Å². The average molecular weight is 314 g/mol. The molecular weight excluding hydrogens is 292 g/mol. The van der Waals surface area contributed by atoms with Gasteiger partial charge in [0, 0.05) is 38.3 Å². The second-order valence-electron chi connectivity index (χ2n) is 6.15. The van der Waals surface area contributed by atoms with E-state index >= 15 is 0 Å². The Morgan fingerprint density at radius 2 is 2.13 bits per heavy atom. The highest BCUT2D eigenvalue weighted by molar-refractivity contribution is 5.92. The second kappa shape index (κ2) is 6.50. The van der Waals surface area contributed by atoms with Crippen LogP contribution in [-0.4, -0.2) is 50.4 Å². The minimum atomic E-state index is -0.0540. The molecule has 0 radical (unpaired) electrons. The molecule has 1 aliphatic rings. The number of rotatable bonds is 4. The third-order valence-corrected chi connectivity index (χ3v) is 4.93. The van der Waals surface area contributed by atoms with Gasteiger partial charge in [0.25, 0.3) is 5.91 Å². The molecule has 6 heteroatoms. The van der Waals surface area contributed by atoms with E-state index in [4.69, 9.17) is 0 Å². The Morgan fingerprint density at radius 1 is 1.35 bits per heavy atom. The van der Waals surface area contributed by atoms with Crippen molar-refractivity contribution in [1.82, 2.24) is 19.7 Å². The summed E-state index contributed by atoms with van der Waals surface area (Å²) < 4.78 is 1.71. The fourth-order valence-electron chi connectivity index (χ4n) is 3.07. The van der Waals surface area contributed by atoms with Gasteiger partial charge in [0.2, 0.25) is 0 Å². The van der Waals surface area contributed by atoms with Gasteiger partial charge in [-0.3, -0.25) is 9.78 Å². The summed E-state index contributed by atoms with van der Waals surface area (Å²) >= 11 is 0. The van der Waals surface area contributed by atoms with Crippen LogP contribution in [0.15, 0.2) is 36.8 Å². The number of amides is 1. The van der Waals surface area contributed by atoms with Crippen molar-refractivity contribution in [2.45, 2.75) is 26.2 Å². The Kier molecular flexibility index (Phi) is 4.43. The highest BCUT2D eigenvalue weighted by atomic mass is 16.3. The van der Waals surface area contributed by atoms with E-state index < -0.39 is 0 Å². The smallest absolute Gasteiger partial charge is 0.272 e. The molecule has 1 amide bonds. The SMILES string of the molecule is CCC1(CO)CCN(C(=O)c2cc(-n3cccn3)ccn2)CC1. The van der Waals surface area contributed by atoms with Gasteiger partial charge in [-0.05, 0) is 42.9 Å². The Labute approximate surface area is 135 Å². The highest BCUT2D eigenvalue weighted by Crippen LogP contribution is 2.34. The number of likely N-dealkylation sites (tertiary alicyclic amines) is 1. The molecule has 0 bridgehead atoms. The average Bonchev–Trinajstić information content (AvgIpc) is 3.16. The summed E-state index contributed by atoms with van der Waals surface area (Å²) in [4.78, 5) is 18.7. The van der Waals surface area contributed by atoms with Crippen LogP contribution in [0.3, 0.4) is 0 Å². The van der Waals surface area contributed by atoms with Crippen LogP contribution in [0.1, 0.15) is 36.7 Å². The first-order valence-corrected chi connectivity index (χ1v) is 8.04. The molecule has 0 aliphatic carbocycles. The third-order valence-electron chi connectivity index (χ3n) is 4.93. The zero-order valence-corrected chi connectivity index (χ0v) is 13.4. The number of hydrogen-bond acceptors (Lipinski definition) is 4. The van der Waals surface area contributed by atoms with Crippen LogP contribution < -0.4 is 0 Å². The Bertz CT molecular complexity index is 655. The molecule has 3 rings (SSSR count). The van der Waals surface area contributed by atoms with Gasteiger partial charge < -0.3 is 10.0 Å². The molecule has 1 saturated heterocycles. The van der Waals surface area contributed by atoms with Crippen molar-refractivity contribution in [3.63, 3.8) is 0 Å². The molecule has 3 heterocycles. The fourth-order valence-corrected chi connectivity index (χ4v) is 3.07. The zero-order chi connectivity index (χ0) is 16.3. The van der Waals surface area contributed by atoms with Gasteiger partial charge in [0.15, 0.2) is 0 Å². The van der Waals surface area contributed by atoms with Crippen molar-refractivity contribution in [2.75, 3.05) is 19.7 Å². The molecular formula is C17H22N4O2. The van der Waals surface area contributed by atoms with E-state index in [0.29, 0.717) is 18.8 Å². The maximum atomic E-state index is 12.7. The molecule has 1 N–H and O–H groups in total. The lowest BCUT2D eigenvalue weighted by atomic mass is 9.77. The molecule has 2 aromatic rings. The van der Waals surface area contributed by atoms with Crippen LogP contribution in [0.2, 0.25) is 0 Å². The van der Waals surface area contributed by atoms with Gasteiger partial charge in [0.05, 0.1) is 5.69 Å².